The third-order valence-electron chi connectivity index (χ3n) is 2.43. The molecule has 0 fully saturated rings. The number of unbranched alkanes of at least 4 members (excludes halogenated alkanes) is 2. The molecule has 1 unspecified atom stereocenters. The molecule has 0 aromatic heterocycles. The highest BCUT2D eigenvalue weighted by Crippen LogP contribution is 2.15. The lowest BCUT2D eigenvalue weighted by Gasteiger charge is -2.13. The summed E-state index contributed by atoms with van der Waals surface area (Å²) in [6, 6.07) is 0. The molecule has 0 rings (SSSR count). The van der Waals surface area contributed by atoms with Gasteiger partial charge in [-0.3, -0.25) is 4.79 Å². The third kappa shape index (κ3) is 7.18. The molecule has 4 nitrogen and oxygen atoms in total. The lowest BCUT2D eigenvalue weighted by atomic mass is 9.98. The average Bonchev–Trinajstić information content (AvgIpc) is 2.28. The molecule has 0 aliphatic rings. The van der Waals surface area contributed by atoms with Crippen molar-refractivity contribution in [2.75, 3.05) is 13.2 Å². The summed E-state index contributed by atoms with van der Waals surface area (Å²) in [6.07, 6.45) is 6.15. The molecule has 0 aliphatic heterocycles. The first-order valence-corrected chi connectivity index (χ1v) is 5.96. The van der Waals surface area contributed by atoms with E-state index in [1.54, 1.807) is 6.92 Å². The molecule has 0 saturated heterocycles. The van der Waals surface area contributed by atoms with Crippen LogP contribution in [-0.4, -0.2) is 25.2 Å². The van der Waals surface area contributed by atoms with Crippen LogP contribution in [0.3, 0.4) is 0 Å². The largest absolute Gasteiger partial charge is 0.466 e. The molecule has 0 aromatic carbocycles. The van der Waals surface area contributed by atoms with Gasteiger partial charge in [0.25, 0.3) is 0 Å². The van der Waals surface area contributed by atoms with Gasteiger partial charge in [0.2, 0.25) is 6.08 Å². The second-order valence-electron chi connectivity index (χ2n) is 3.71. The van der Waals surface area contributed by atoms with Gasteiger partial charge in [-0.25, -0.2) is 9.79 Å². The molecule has 0 N–H and O–H groups in total. The number of rotatable bonds is 9. The molecule has 4 heteroatoms. The fraction of sp³-hybridized carbons (Fsp3) is 0.833. The summed E-state index contributed by atoms with van der Waals surface area (Å²) in [5.41, 5.74) is 0. The monoisotopic (exact) mass is 227 g/mol. The van der Waals surface area contributed by atoms with Crippen LogP contribution in [0.5, 0.6) is 0 Å². The smallest absolute Gasteiger partial charge is 0.308 e. The molecule has 0 bridgehead atoms. The quantitative estimate of drug-likeness (QED) is 0.263. The molecule has 1 atom stereocenters. The maximum absolute atomic E-state index is 11.6. The molecule has 0 saturated carbocycles. The second kappa shape index (κ2) is 10.4. The predicted octanol–water partition coefficient (Wildman–Crippen LogP) is 2.47. The van der Waals surface area contributed by atoms with Gasteiger partial charge in [0.15, 0.2) is 0 Å². The van der Waals surface area contributed by atoms with Gasteiger partial charge in [0.05, 0.1) is 19.1 Å². The first-order valence-electron chi connectivity index (χ1n) is 5.96. The molecule has 0 heterocycles. The number of hydrogen-bond donors (Lipinski definition) is 0. The number of ether oxygens (including phenoxy) is 1. The summed E-state index contributed by atoms with van der Waals surface area (Å²) in [7, 11) is 0. The summed E-state index contributed by atoms with van der Waals surface area (Å²) in [5, 5.41) is 0. The topological polar surface area (TPSA) is 55.7 Å². The van der Waals surface area contributed by atoms with Gasteiger partial charge in [-0.05, 0) is 19.8 Å². The van der Waals surface area contributed by atoms with E-state index in [-0.39, 0.29) is 11.9 Å². The fourth-order valence-corrected chi connectivity index (χ4v) is 1.55. The minimum atomic E-state index is -0.167. The van der Waals surface area contributed by atoms with Crippen molar-refractivity contribution in [1.82, 2.24) is 0 Å². The van der Waals surface area contributed by atoms with E-state index in [0.29, 0.717) is 19.6 Å². The zero-order chi connectivity index (χ0) is 12.2. The van der Waals surface area contributed by atoms with Crippen LogP contribution in [0.25, 0.3) is 0 Å². The third-order valence-corrected chi connectivity index (χ3v) is 2.43. The molecule has 0 amide bonds. The summed E-state index contributed by atoms with van der Waals surface area (Å²) in [4.78, 5) is 25.0. The Morgan fingerprint density at radius 3 is 2.62 bits per heavy atom. The van der Waals surface area contributed by atoms with E-state index < -0.39 is 0 Å². The van der Waals surface area contributed by atoms with E-state index in [4.69, 9.17) is 4.74 Å². The van der Waals surface area contributed by atoms with Crippen molar-refractivity contribution in [3.05, 3.63) is 0 Å². The number of nitrogens with zero attached hydrogens (tertiary/aromatic N) is 1. The Balaban J connectivity index is 4.03. The van der Waals surface area contributed by atoms with Crippen molar-refractivity contribution in [1.29, 1.82) is 0 Å². The maximum Gasteiger partial charge on any atom is 0.308 e. The number of carbonyl (C=O) groups excluding carboxylic acids is 2. The van der Waals surface area contributed by atoms with Crippen LogP contribution < -0.4 is 0 Å². The van der Waals surface area contributed by atoms with Gasteiger partial charge in [-0.1, -0.05) is 26.2 Å². The van der Waals surface area contributed by atoms with E-state index in [1.807, 2.05) is 0 Å². The Kier molecular flexibility index (Phi) is 9.63. The van der Waals surface area contributed by atoms with Gasteiger partial charge < -0.3 is 4.74 Å². The minimum absolute atomic E-state index is 0.122. The zero-order valence-corrected chi connectivity index (χ0v) is 10.2. The van der Waals surface area contributed by atoms with Gasteiger partial charge in [0.1, 0.15) is 0 Å². The van der Waals surface area contributed by atoms with Crippen LogP contribution in [0.1, 0.15) is 46.0 Å². The van der Waals surface area contributed by atoms with Crippen LogP contribution in [0.4, 0.5) is 0 Å². The van der Waals surface area contributed by atoms with E-state index in [0.717, 1.165) is 25.7 Å². The first kappa shape index (κ1) is 14.8. The van der Waals surface area contributed by atoms with E-state index >= 15 is 0 Å². The Labute approximate surface area is 97.1 Å². The van der Waals surface area contributed by atoms with Gasteiger partial charge in [-0.15, -0.1) is 0 Å². The number of carbonyl (C=O) groups is 1. The lowest BCUT2D eigenvalue weighted by Crippen LogP contribution is -2.18. The van der Waals surface area contributed by atoms with Crippen LogP contribution >= 0.6 is 0 Å². The molecular weight excluding hydrogens is 206 g/mol. The van der Waals surface area contributed by atoms with Crippen LogP contribution in [-0.2, 0) is 14.3 Å². The highest BCUT2D eigenvalue weighted by atomic mass is 16.5. The van der Waals surface area contributed by atoms with Gasteiger partial charge >= 0.3 is 5.97 Å². The highest BCUT2D eigenvalue weighted by molar-refractivity contribution is 5.72. The van der Waals surface area contributed by atoms with Crippen molar-refractivity contribution in [3.8, 4) is 0 Å². The Morgan fingerprint density at radius 2 is 2.06 bits per heavy atom. The van der Waals surface area contributed by atoms with Crippen molar-refractivity contribution < 1.29 is 14.3 Å². The molecule has 0 aromatic rings. The van der Waals surface area contributed by atoms with E-state index in [2.05, 4.69) is 11.9 Å². The van der Waals surface area contributed by atoms with Crippen LogP contribution in [0, 0.1) is 5.92 Å². The fourth-order valence-electron chi connectivity index (χ4n) is 1.55. The van der Waals surface area contributed by atoms with Crippen molar-refractivity contribution >= 4 is 12.0 Å². The van der Waals surface area contributed by atoms with Gasteiger partial charge in [0, 0.05) is 0 Å². The van der Waals surface area contributed by atoms with Crippen molar-refractivity contribution in [2.24, 2.45) is 10.9 Å². The number of isocyanates is 1. The number of aliphatic imine (C=N–C) groups is 1. The van der Waals surface area contributed by atoms with Crippen LogP contribution in [0.15, 0.2) is 4.99 Å². The summed E-state index contributed by atoms with van der Waals surface area (Å²) < 4.78 is 4.99. The zero-order valence-electron chi connectivity index (χ0n) is 10.2. The number of hydrogen-bond acceptors (Lipinski definition) is 4. The molecule has 0 spiro atoms. The second-order valence-corrected chi connectivity index (χ2v) is 3.71. The first-order chi connectivity index (χ1) is 7.76. The summed E-state index contributed by atoms with van der Waals surface area (Å²) in [5.74, 6) is -0.289. The Bertz CT molecular complexity index is 234. The van der Waals surface area contributed by atoms with Crippen LogP contribution in [0.2, 0.25) is 0 Å². The highest BCUT2D eigenvalue weighted by Gasteiger charge is 2.18. The normalized spacial score (nSPS) is 11.6. The Morgan fingerprint density at radius 1 is 1.31 bits per heavy atom. The SMILES string of the molecule is CCCCCC(CCN=C=O)C(=O)OCC. The summed E-state index contributed by atoms with van der Waals surface area (Å²) >= 11 is 0. The van der Waals surface area contributed by atoms with E-state index in [1.165, 1.54) is 6.08 Å². The molecule has 16 heavy (non-hydrogen) atoms. The average molecular weight is 227 g/mol. The van der Waals surface area contributed by atoms with Gasteiger partial charge in [-0.2, -0.15) is 0 Å². The molecular formula is C12H21NO3. The minimum Gasteiger partial charge on any atom is -0.466 e. The Hall–Kier alpha value is -1.15. The summed E-state index contributed by atoms with van der Waals surface area (Å²) in [6.45, 7) is 4.68. The standard InChI is InChI=1S/C12H21NO3/c1-3-5-6-7-11(8-9-13-10-14)12(15)16-4-2/h11H,3-9H2,1-2H3. The molecule has 0 radical (unpaired) electrons. The molecule has 92 valence electrons. The number of esters is 1. The van der Waals surface area contributed by atoms with Crippen molar-refractivity contribution in [3.63, 3.8) is 0 Å². The van der Waals surface area contributed by atoms with E-state index in [9.17, 15) is 9.59 Å². The predicted molar refractivity (Wildman–Crippen MR) is 61.9 cm³/mol. The van der Waals surface area contributed by atoms with Crippen molar-refractivity contribution in [2.45, 2.75) is 46.0 Å². The lowest BCUT2D eigenvalue weighted by molar-refractivity contribution is -0.148. The molecule has 0 aliphatic carbocycles. The maximum atomic E-state index is 11.6.